The molecule has 1 aromatic carbocycles. The molecule has 3 rings (SSSR count). The van der Waals surface area contributed by atoms with Crippen LogP contribution in [0.25, 0.3) is 0 Å². The van der Waals surface area contributed by atoms with E-state index in [2.05, 4.69) is 0 Å². The zero-order valence-corrected chi connectivity index (χ0v) is 8.66. The van der Waals surface area contributed by atoms with Gasteiger partial charge >= 0.3 is 5.97 Å². The molecule has 3 heteroatoms. The lowest BCUT2D eigenvalue weighted by atomic mass is 10.0. The van der Waals surface area contributed by atoms with Crippen molar-refractivity contribution in [3.05, 3.63) is 57.8 Å². The van der Waals surface area contributed by atoms with Gasteiger partial charge in [-0.1, -0.05) is 18.2 Å². The Bertz CT molecular complexity index is 502. The van der Waals surface area contributed by atoms with Crippen molar-refractivity contribution in [3.63, 3.8) is 0 Å². The Hall–Kier alpha value is -1.61. The SMILES string of the molecule is O=C1O[C@@H](c2ccsc2)c2ccccc21. The normalized spacial score (nSPS) is 18.7. The summed E-state index contributed by atoms with van der Waals surface area (Å²) in [5.74, 6) is -0.221. The van der Waals surface area contributed by atoms with Crippen LogP contribution in [0.15, 0.2) is 41.1 Å². The van der Waals surface area contributed by atoms with E-state index < -0.39 is 0 Å². The van der Waals surface area contributed by atoms with Crippen molar-refractivity contribution in [1.82, 2.24) is 0 Å². The third kappa shape index (κ3) is 1.27. The lowest BCUT2D eigenvalue weighted by Gasteiger charge is -2.07. The summed E-state index contributed by atoms with van der Waals surface area (Å²) >= 11 is 1.61. The van der Waals surface area contributed by atoms with Gasteiger partial charge in [0.15, 0.2) is 6.10 Å². The second-order valence-corrected chi connectivity index (χ2v) is 4.21. The van der Waals surface area contributed by atoms with Crippen LogP contribution in [0.2, 0.25) is 0 Å². The summed E-state index contributed by atoms with van der Waals surface area (Å²) in [6, 6.07) is 9.54. The molecule has 0 saturated carbocycles. The van der Waals surface area contributed by atoms with Crippen molar-refractivity contribution in [3.8, 4) is 0 Å². The second kappa shape index (κ2) is 3.21. The summed E-state index contributed by atoms with van der Waals surface area (Å²) in [6.07, 6.45) is -0.208. The highest BCUT2D eigenvalue weighted by Crippen LogP contribution is 2.36. The van der Waals surface area contributed by atoms with Gasteiger partial charge in [-0.25, -0.2) is 4.79 Å². The van der Waals surface area contributed by atoms with E-state index in [-0.39, 0.29) is 12.1 Å². The molecular weight excluding hydrogens is 208 g/mol. The van der Waals surface area contributed by atoms with Gasteiger partial charge in [-0.15, -0.1) is 0 Å². The highest BCUT2D eigenvalue weighted by Gasteiger charge is 2.31. The molecule has 74 valence electrons. The van der Waals surface area contributed by atoms with Gasteiger partial charge in [-0.05, 0) is 22.9 Å². The molecule has 0 fully saturated rings. The number of hydrogen-bond donors (Lipinski definition) is 0. The summed E-state index contributed by atoms with van der Waals surface area (Å²) in [4.78, 5) is 11.6. The standard InChI is InChI=1S/C12H8O2S/c13-12-10-4-2-1-3-9(10)11(14-12)8-5-6-15-7-8/h1-7,11H/t11-/m0/s1. The van der Waals surface area contributed by atoms with Crippen LogP contribution in [-0.2, 0) is 4.74 Å². The minimum Gasteiger partial charge on any atom is -0.449 e. The molecular formula is C12H8O2S. The molecule has 1 atom stereocenters. The average Bonchev–Trinajstić information content (AvgIpc) is 2.87. The Kier molecular flexibility index (Phi) is 1.86. The highest BCUT2D eigenvalue weighted by molar-refractivity contribution is 7.08. The number of rotatable bonds is 1. The average molecular weight is 216 g/mol. The first-order valence-corrected chi connectivity index (χ1v) is 5.62. The van der Waals surface area contributed by atoms with Crippen LogP contribution in [-0.4, -0.2) is 5.97 Å². The molecule has 0 N–H and O–H groups in total. The van der Waals surface area contributed by atoms with Crippen molar-refractivity contribution in [1.29, 1.82) is 0 Å². The van der Waals surface area contributed by atoms with Crippen molar-refractivity contribution in [2.75, 3.05) is 0 Å². The zero-order chi connectivity index (χ0) is 10.3. The number of hydrogen-bond acceptors (Lipinski definition) is 3. The zero-order valence-electron chi connectivity index (χ0n) is 7.84. The van der Waals surface area contributed by atoms with Crippen molar-refractivity contribution >= 4 is 17.3 Å². The molecule has 0 saturated heterocycles. The van der Waals surface area contributed by atoms with Gasteiger partial charge in [0.2, 0.25) is 0 Å². The lowest BCUT2D eigenvalue weighted by molar-refractivity contribution is 0.0456. The summed E-state index contributed by atoms with van der Waals surface area (Å²) < 4.78 is 5.34. The number of thiophene rings is 1. The van der Waals surface area contributed by atoms with Gasteiger partial charge in [-0.3, -0.25) is 0 Å². The van der Waals surface area contributed by atoms with E-state index >= 15 is 0 Å². The molecule has 1 aliphatic rings. The molecule has 0 unspecified atom stereocenters. The van der Waals surface area contributed by atoms with E-state index in [1.807, 2.05) is 41.1 Å². The molecule has 2 nitrogen and oxygen atoms in total. The van der Waals surface area contributed by atoms with Crippen LogP contribution in [0.1, 0.15) is 27.6 Å². The maximum atomic E-state index is 11.6. The smallest absolute Gasteiger partial charge is 0.339 e. The third-order valence-corrected chi connectivity index (χ3v) is 3.24. The van der Waals surface area contributed by atoms with Crippen LogP contribution < -0.4 is 0 Å². The molecule has 2 heterocycles. The first-order valence-electron chi connectivity index (χ1n) is 4.68. The number of benzene rings is 1. The number of ether oxygens (including phenoxy) is 1. The van der Waals surface area contributed by atoms with Gasteiger partial charge in [0, 0.05) is 11.1 Å². The van der Waals surface area contributed by atoms with Crippen LogP contribution >= 0.6 is 11.3 Å². The summed E-state index contributed by atoms with van der Waals surface area (Å²) in [7, 11) is 0. The predicted octanol–water partition coefficient (Wildman–Crippen LogP) is 3.01. The molecule has 2 aromatic rings. The molecule has 0 aliphatic carbocycles. The van der Waals surface area contributed by atoms with Crippen molar-refractivity contribution in [2.45, 2.75) is 6.10 Å². The highest BCUT2D eigenvalue weighted by atomic mass is 32.1. The first-order chi connectivity index (χ1) is 7.36. The Morgan fingerprint density at radius 2 is 2.07 bits per heavy atom. The molecule has 0 spiro atoms. The van der Waals surface area contributed by atoms with E-state index in [0.29, 0.717) is 5.56 Å². The maximum absolute atomic E-state index is 11.6. The van der Waals surface area contributed by atoms with Crippen molar-refractivity contribution < 1.29 is 9.53 Å². The summed E-state index contributed by atoms with van der Waals surface area (Å²) in [5, 5.41) is 4.00. The minimum atomic E-state index is -0.221. The molecule has 0 bridgehead atoms. The van der Waals surface area contributed by atoms with Crippen molar-refractivity contribution in [2.24, 2.45) is 0 Å². The quantitative estimate of drug-likeness (QED) is 0.685. The third-order valence-electron chi connectivity index (χ3n) is 2.53. The molecule has 0 amide bonds. The van der Waals surface area contributed by atoms with Gasteiger partial charge in [0.1, 0.15) is 0 Å². The van der Waals surface area contributed by atoms with Crippen LogP contribution in [0, 0.1) is 0 Å². The van der Waals surface area contributed by atoms with Crippen LogP contribution in [0.3, 0.4) is 0 Å². The minimum absolute atomic E-state index is 0.208. The number of carbonyl (C=O) groups excluding carboxylic acids is 1. The number of cyclic esters (lactones) is 1. The van der Waals surface area contributed by atoms with E-state index in [9.17, 15) is 4.79 Å². The molecule has 15 heavy (non-hydrogen) atoms. The Balaban J connectivity index is 2.13. The monoisotopic (exact) mass is 216 g/mol. The largest absolute Gasteiger partial charge is 0.449 e. The van der Waals surface area contributed by atoms with E-state index in [4.69, 9.17) is 4.74 Å². The number of carbonyl (C=O) groups is 1. The Morgan fingerprint density at radius 1 is 1.20 bits per heavy atom. The fourth-order valence-corrected chi connectivity index (χ4v) is 2.49. The summed E-state index contributed by atoms with van der Waals surface area (Å²) in [6.45, 7) is 0. The fourth-order valence-electron chi connectivity index (χ4n) is 1.82. The summed E-state index contributed by atoms with van der Waals surface area (Å²) in [5.41, 5.74) is 2.72. The fraction of sp³-hybridized carbons (Fsp3) is 0.0833. The first kappa shape index (κ1) is 8.68. The Labute approximate surface area is 91.1 Å². The molecule has 1 aliphatic heterocycles. The number of fused-ring (bicyclic) bond motifs is 1. The van der Waals surface area contributed by atoms with Crippen LogP contribution in [0.4, 0.5) is 0 Å². The number of esters is 1. The molecule has 1 aromatic heterocycles. The van der Waals surface area contributed by atoms with Gasteiger partial charge in [-0.2, -0.15) is 11.3 Å². The second-order valence-electron chi connectivity index (χ2n) is 3.43. The van der Waals surface area contributed by atoms with E-state index in [1.165, 1.54) is 0 Å². The van der Waals surface area contributed by atoms with Gasteiger partial charge in [0.05, 0.1) is 5.56 Å². The lowest BCUT2D eigenvalue weighted by Crippen LogP contribution is -1.98. The Morgan fingerprint density at radius 3 is 2.87 bits per heavy atom. The van der Waals surface area contributed by atoms with E-state index in [0.717, 1.165) is 11.1 Å². The van der Waals surface area contributed by atoms with Crippen LogP contribution in [0.5, 0.6) is 0 Å². The van der Waals surface area contributed by atoms with Gasteiger partial charge < -0.3 is 4.74 Å². The molecule has 0 radical (unpaired) electrons. The maximum Gasteiger partial charge on any atom is 0.339 e. The van der Waals surface area contributed by atoms with E-state index in [1.54, 1.807) is 11.3 Å². The van der Waals surface area contributed by atoms with Gasteiger partial charge in [0.25, 0.3) is 0 Å². The topological polar surface area (TPSA) is 26.3 Å². The predicted molar refractivity (Wildman–Crippen MR) is 58.0 cm³/mol.